The topological polar surface area (TPSA) is 35.3 Å². The van der Waals surface area contributed by atoms with Crippen molar-refractivity contribution in [2.75, 3.05) is 0 Å². The molecule has 2 aromatic rings. The van der Waals surface area contributed by atoms with Crippen LogP contribution >= 0.6 is 0 Å². The van der Waals surface area contributed by atoms with Crippen molar-refractivity contribution < 1.29 is 8.84 Å². The minimum absolute atomic E-state index is 0.201. The highest BCUT2D eigenvalue weighted by Crippen LogP contribution is 2.36. The van der Waals surface area contributed by atoms with E-state index in [1.165, 1.54) is 0 Å². The summed E-state index contributed by atoms with van der Waals surface area (Å²) in [7, 11) is -1.75. The van der Waals surface area contributed by atoms with E-state index in [2.05, 4.69) is 38.8 Å². The molecule has 22 heavy (non-hydrogen) atoms. The van der Waals surface area contributed by atoms with E-state index < -0.39 is 8.32 Å². The van der Waals surface area contributed by atoms with Crippen LogP contribution in [0.1, 0.15) is 37.9 Å². The van der Waals surface area contributed by atoms with Gasteiger partial charge in [-0.2, -0.15) is 0 Å². The molecule has 0 aliphatic rings. The van der Waals surface area contributed by atoms with Crippen LogP contribution in [0, 0.1) is 0 Å². The van der Waals surface area contributed by atoms with Crippen LogP contribution in [0.3, 0.4) is 0 Å². The zero-order valence-corrected chi connectivity index (χ0v) is 15.1. The van der Waals surface area contributed by atoms with E-state index in [0.717, 1.165) is 11.3 Å². The zero-order chi connectivity index (χ0) is 16.2. The molecule has 0 aliphatic carbocycles. The predicted molar refractivity (Wildman–Crippen MR) is 93.9 cm³/mol. The fourth-order valence-electron chi connectivity index (χ4n) is 1.67. The Morgan fingerprint density at radius 2 is 1.82 bits per heavy atom. The first-order valence-corrected chi connectivity index (χ1v) is 10.5. The second-order valence-corrected chi connectivity index (χ2v) is 11.8. The molecule has 0 fully saturated rings. The highest BCUT2D eigenvalue weighted by molar-refractivity contribution is 6.74. The average Bonchev–Trinajstić information content (AvgIpc) is 2.91. The van der Waals surface area contributed by atoms with E-state index in [9.17, 15) is 0 Å². The molecule has 118 valence electrons. The van der Waals surface area contributed by atoms with Gasteiger partial charge in [-0.05, 0) is 29.8 Å². The molecule has 0 amide bonds. The first-order chi connectivity index (χ1) is 10.3. The van der Waals surface area contributed by atoms with Gasteiger partial charge >= 0.3 is 0 Å². The summed E-state index contributed by atoms with van der Waals surface area (Å²) in [5.41, 5.74) is 1.97. The normalized spacial score (nSPS) is 13.0. The lowest BCUT2D eigenvalue weighted by Gasteiger charge is -2.35. The summed E-state index contributed by atoms with van der Waals surface area (Å²) in [6.45, 7) is 11.7. The largest absolute Gasteiger partial charge is 0.445 e. The van der Waals surface area contributed by atoms with Crippen molar-refractivity contribution in [3.63, 3.8) is 0 Å². The van der Waals surface area contributed by atoms with Crippen molar-refractivity contribution in [1.82, 2.24) is 4.98 Å². The zero-order valence-electron chi connectivity index (χ0n) is 14.1. The Hall–Kier alpha value is -1.65. The molecule has 4 heteroatoms. The Balaban J connectivity index is 1.96. The third-order valence-corrected chi connectivity index (χ3v) is 8.65. The molecule has 0 atom stereocenters. The van der Waals surface area contributed by atoms with Crippen LogP contribution in [0.25, 0.3) is 12.2 Å². The van der Waals surface area contributed by atoms with Gasteiger partial charge in [0.25, 0.3) is 0 Å². The predicted octanol–water partition coefficient (Wildman–Crippen LogP) is 5.37. The molecule has 2 rings (SSSR count). The standard InChI is InChI=1S/C18H25NO2Si/c1-18(2,3)22(4,5)21-14-16-13-20-17(19-16)12-11-15-9-7-6-8-10-15/h6-13H,14H2,1-5H3. The van der Waals surface area contributed by atoms with Gasteiger partial charge in [0, 0.05) is 6.08 Å². The van der Waals surface area contributed by atoms with Crippen LogP contribution in [0.2, 0.25) is 18.1 Å². The van der Waals surface area contributed by atoms with Crippen LogP contribution in [0.15, 0.2) is 41.0 Å². The summed E-state index contributed by atoms with van der Waals surface area (Å²) in [6, 6.07) is 10.1. The van der Waals surface area contributed by atoms with Crippen LogP contribution in [-0.4, -0.2) is 13.3 Å². The monoisotopic (exact) mass is 315 g/mol. The number of hydrogen-bond donors (Lipinski definition) is 0. The molecule has 1 aromatic heterocycles. The maximum Gasteiger partial charge on any atom is 0.218 e. The first-order valence-electron chi connectivity index (χ1n) is 7.59. The Morgan fingerprint density at radius 1 is 1.14 bits per heavy atom. The van der Waals surface area contributed by atoms with E-state index in [4.69, 9.17) is 8.84 Å². The molecule has 0 saturated heterocycles. The number of oxazole rings is 1. The summed E-state index contributed by atoms with van der Waals surface area (Å²) >= 11 is 0. The maximum absolute atomic E-state index is 6.15. The minimum atomic E-state index is -1.75. The molecule has 0 aliphatic heterocycles. The van der Waals surface area contributed by atoms with Gasteiger partial charge in [-0.25, -0.2) is 4.98 Å². The van der Waals surface area contributed by atoms with Gasteiger partial charge in [0.1, 0.15) is 12.0 Å². The quantitative estimate of drug-likeness (QED) is 0.696. The van der Waals surface area contributed by atoms with E-state index in [1.807, 2.05) is 42.5 Å². The van der Waals surface area contributed by atoms with Crippen molar-refractivity contribution in [3.8, 4) is 0 Å². The Kier molecular flexibility index (Phi) is 5.03. The number of hydrogen-bond acceptors (Lipinski definition) is 3. The van der Waals surface area contributed by atoms with Crippen LogP contribution < -0.4 is 0 Å². The Morgan fingerprint density at radius 3 is 2.45 bits per heavy atom. The summed E-state index contributed by atoms with van der Waals surface area (Å²) in [4.78, 5) is 4.45. The van der Waals surface area contributed by atoms with Gasteiger partial charge in [0.05, 0.1) is 6.61 Å². The minimum Gasteiger partial charge on any atom is -0.445 e. The smallest absolute Gasteiger partial charge is 0.218 e. The SMILES string of the molecule is CC(C)(C)[Si](C)(C)OCc1coc(C=Cc2ccccc2)n1. The molecular weight excluding hydrogens is 290 g/mol. The summed E-state index contributed by atoms with van der Waals surface area (Å²) < 4.78 is 11.6. The van der Waals surface area contributed by atoms with Crippen LogP contribution in [0.4, 0.5) is 0 Å². The summed E-state index contributed by atoms with van der Waals surface area (Å²) in [6.07, 6.45) is 5.55. The fourth-order valence-corrected chi connectivity index (χ4v) is 2.61. The molecule has 0 N–H and O–H groups in total. The van der Waals surface area contributed by atoms with Gasteiger partial charge in [-0.3, -0.25) is 0 Å². The van der Waals surface area contributed by atoms with E-state index >= 15 is 0 Å². The molecule has 0 bridgehead atoms. The molecule has 3 nitrogen and oxygen atoms in total. The average molecular weight is 315 g/mol. The number of rotatable bonds is 5. The van der Waals surface area contributed by atoms with E-state index in [1.54, 1.807) is 6.26 Å². The molecular formula is C18H25NO2Si. The van der Waals surface area contributed by atoms with Crippen molar-refractivity contribution in [3.05, 3.63) is 53.7 Å². The van der Waals surface area contributed by atoms with Crippen molar-refractivity contribution in [2.45, 2.75) is 45.5 Å². The third kappa shape index (κ3) is 4.42. The summed E-state index contributed by atoms with van der Waals surface area (Å²) in [5.74, 6) is 0.609. The van der Waals surface area contributed by atoms with Crippen molar-refractivity contribution in [1.29, 1.82) is 0 Å². The molecule has 0 saturated carbocycles. The molecule has 1 aromatic carbocycles. The number of aromatic nitrogens is 1. The van der Waals surface area contributed by atoms with Gasteiger partial charge in [0.15, 0.2) is 8.32 Å². The Labute approximate surface area is 134 Å². The third-order valence-electron chi connectivity index (χ3n) is 4.17. The lowest BCUT2D eigenvalue weighted by atomic mass is 10.2. The number of nitrogens with zero attached hydrogens (tertiary/aromatic N) is 1. The van der Waals surface area contributed by atoms with Crippen LogP contribution in [0.5, 0.6) is 0 Å². The van der Waals surface area contributed by atoms with Gasteiger partial charge < -0.3 is 8.84 Å². The maximum atomic E-state index is 6.15. The van der Waals surface area contributed by atoms with Crippen molar-refractivity contribution in [2.24, 2.45) is 0 Å². The first kappa shape index (κ1) is 16.7. The molecule has 0 radical (unpaired) electrons. The lowest BCUT2D eigenvalue weighted by Crippen LogP contribution is -2.40. The second kappa shape index (κ2) is 6.63. The van der Waals surface area contributed by atoms with Gasteiger partial charge in [-0.1, -0.05) is 51.1 Å². The molecule has 0 unspecified atom stereocenters. The number of benzene rings is 1. The summed E-state index contributed by atoms with van der Waals surface area (Å²) in [5, 5.41) is 0.201. The highest BCUT2D eigenvalue weighted by atomic mass is 28.4. The molecule has 1 heterocycles. The lowest BCUT2D eigenvalue weighted by molar-refractivity contribution is 0.272. The Bertz CT molecular complexity index is 624. The van der Waals surface area contributed by atoms with Crippen LogP contribution in [-0.2, 0) is 11.0 Å². The van der Waals surface area contributed by atoms with E-state index in [-0.39, 0.29) is 5.04 Å². The molecule has 0 spiro atoms. The van der Waals surface area contributed by atoms with Gasteiger partial charge in [0.2, 0.25) is 5.89 Å². The van der Waals surface area contributed by atoms with Crippen molar-refractivity contribution >= 4 is 20.5 Å². The van der Waals surface area contributed by atoms with Gasteiger partial charge in [-0.15, -0.1) is 0 Å². The van der Waals surface area contributed by atoms with E-state index in [0.29, 0.717) is 12.5 Å². The second-order valence-electron chi connectivity index (χ2n) is 6.97. The fraction of sp³-hybridized carbons (Fsp3) is 0.389. The highest BCUT2D eigenvalue weighted by Gasteiger charge is 2.37.